The second-order valence-corrected chi connectivity index (χ2v) is 8.33. The van der Waals surface area contributed by atoms with E-state index in [-0.39, 0.29) is 18.6 Å². The summed E-state index contributed by atoms with van der Waals surface area (Å²) in [6, 6.07) is -0.851. The standard InChI is InChI=1S/C22H35FN2O5/c1-15(2)11-19(22(27)30-10-6-9-28-4)25-12-17(16(3)20(23)21(25)26)7-8-24-13-18(14-24)29-5/h12,15,18-19H,6-11,13-14H2,1-5H3. The van der Waals surface area contributed by atoms with Gasteiger partial charge in [0.1, 0.15) is 6.04 Å². The lowest BCUT2D eigenvalue weighted by Crippen LogP contribution is -2.52. The van der Waals surface area contributed by atoms with Crippen molar-refractivity contribution in [2.75, 3.05) is 47.1 Å². The van der Waals surface area contributed by atoms with Gasteiger partial charge in [0, 0.05) is 53.1 Å². The van der Waals surface area contributed by atoms with E-state index in [9.17, 15) is 14.0 Å². The molecule has 1 saturated heterocycles. The first-order valence-corrected chi connectivity index (χ1v) is 10.6. The van der Waals surface area contributed by atoms with Crippen LogP contribution in [-0.2, 0) is 25.4 Å². The van der Waals surface area contributed by atoms with Gasteiger partial charge in [0.05, 0.1) is 12.7 Å². The second kappa shape index (κ2) is 11.6. The molecule has 1 aliphatic heterocycles. The predicted octanol–water partition coefficient (Wildman–Crippen LogP) is 2.34. The van der Waals surface area contributed by atoms with Gasteiger partial charge in [-0.05, 0) is 36.8 Å². The molecule has 30 heavy (non-hydrogen) atoms. The number of esters is 1. The molecule has 0 bridgehead atoms. The van der Waals surface area contributed by atoms with Crippen molar-refractivity contribution < 1.29 is 23.4 Å². The summed E-state index contributed by atoms with van der Waals surface area (Å²) in [6.45, 7) is 8.65. The van der Waals surface area contributed by atoms with E-state index in [1.54, 1.807) is 27.3 Å². The third kappa shape index (κ3) is 6.36. The van der Waals surface area contributed by atoms with Gasteiger partial charge in [0.25, 0.3) is 5.56 Å². The summed E-state index contributed by atoms with van der Waals surface area (Å²) in [5, 5.41) is 0. The Morgan fingerprint density at radius 1 is 1.27 bits per heavy atom. The minimum atomic E-state index is -0.851. The SMILES string of the molecule is COCCCOC(=O)C(CC(C)C)n1cc(CCN2CC(OC)C2)c(C)c(F)c1=O. The second-order valence-electron chi connectivity index (χ2n) is 8.33. The van der Waals surface area contributed by atoms with E-state index >= 15 is 0 Å². The summed E-state index contributed by atoms with van der Waals surface area (Å²) in [4.78, 5) is 27.6. The number of halogens is 1. The average Bonchev–Trinajstić information content (AvgIpc) is 2.68. The molecule has 1 aromatic rings. The maximum atomic E-state index is 14.8. The van der Waals surface area contributed by atoms with Crippen molar-refractivity contribution in [1.29, 1.82) is 0 Å². The largest absolute Gasteiger partial charge is 0.464 e. The molecule has 2 heterocycles. The summed E-state index contributed by atoms with van der Waals surface area (Å²) in [5.74, 6) is -1.18. The Hall–Kier alpha value is -1.77. The number of pyridine rings is 1. The molecule has 0 aliphatic carbocycles. The molecule has 0 N–H and O–H groups in total. The number of nitrogens with zero attached hydrogens (tertiary/aromatic N) is 2. The van der Waals surface area contributed by atoms with Crippen LogP contribution in [0.4, 0.5) is 4.39 Å². The number of aromatic nitrogens is 1. The summed E-state index contributed by atoms with van der Waals surface area (Å²) >= 11 is 0. The van der Waals surface area contributed by atoms with Crippen LogP contribution in [0, 0.1) is 18.7 Å². The molecule has 0 radical (unpaired) electrons. The smallest absolute Gasteiger partial charge is 0.329 e. The molecule has 0 spiro atoms. The zero-order valence-electron chi connectivity index (χ0n) is 18.8. The molecule has 1 aromatic heterocycles. The van der Waals surface area contributed by atoms with E-state index < -0.39 is 23.4 Å². The van der Waals surface area contributed by atoms with Crippen molar-refractivity contribution in [2.45, 2.75) is 52.2 Å². The number of methoxy groups -OCH3 is 2. The van der Waals surface area contributed by atoms with Crippen LogP contribution in [0.2, 0.25) is 0 Å². The number of rotatable bonds is 12. The van der Waals surface area contributed by atoms with Crippen LogP contribution in [0.3, 0.4) is 0 Å². The van der Waals surface area contributed by atoms with E-state index in [0.717, 1.165) is 25.2 Å². The van der Waals surface area contributed by atoms with Gasteiger partial charge in [-0.15, -0.1) is 0 Å². The fourth-order valence-corrected chi connectivity index (χ4v) is 3.60. The lowest BCUT2D eigenvalue weighted by atomic mass is 10.0. The van der Waals surface area contributed by atoms with Gasteiger partial charge in [-0.25, -0.2) is 9.18 Å². The van der Waals surface area contributed by atoms with Crippen molar-refractivity contribution in [3.8, 4) is 0 Å². The number of carbonyl (C=O) groups is 1. The minimum Gasteiger partial charge on any atom is -0.464 e. The van der Waals surface area contributed by atoms with Gasteiger partial charge in [-0.2, -0.15) is 0 Å². The lowest BCUT2D eigenvalue weighted by molar-refractivity contribution is -0.148. The van der Waals surface area contributed by atoms with Gasteiger partial charge in [0.2, 0.25) is 0 Å². The lowest BCUT2D eigenvalue weighted by Gasteiger charge is -2.38. The summed E-state index contributed by atoms with van der Waals surface area (Å²) in [5.41, 5.74) is 0.296. The molecule has 0 aromatic carbocycles. The topological polar surface area (TPSA) is 70.0 Å². The van der Waals surface area contributed by atoms with E-state index in [4.69, 9.17) is 14.2 Å². The van der Waals surface area contributed by atoms with E-state index in [2.05, 4.69) is 4.90 Å². The molecule has 170 valence electrons. The van der Waals surface area contributed by atoms with E-state index in [0.29, 0.717) is 31.4 Å². The minimum absolute atomic E-state index is 0.133. The number of carbonyl (C=O) groups excluding carboxylic acids is 1. The Bertz CT molecular complexity index is 759. The fraction of sp³-hybridized carbons (Fsp3) is 0.727. The van der Waals surface area contributed by atoms with E-state index in [1.807, 2.05) is 13.8 Å². The van der Waals surface area contributed by atoms with Crippen molar-refractivity contribution in [3.63, 3.8) is 0 Å². The molecule has 0 amide bonds. The maximum absolute atomic E-state index is 14.8. The summed E-state index contributed by atoms with van der Waals surface area (Å²) < 4.78 is 31.6. The molecule has 1 fully saturated rings. The fourth-order valence-electron chi connectivity index (χ4n) is 3.60. The normalized spacial score (nSPS) is 16.0. The molecular weight excluding hydrogens is 391 g/mol. The first kappa shape index (κ1) is 24.5. The third-order valence-electron chi connectivity index (χ3n) is 5.52. The van der Waals surface area contributed by atoms with Crippen molar-refractivity contribution >= 4 is 5.97 Å². The van der Waals surface area contributed by atoms with Gasteiger partial charge < -0.3 is 14.2 Å². The maximum Gasteiger partial charge on any atom is 0.329 e. The van der Waals surface area contributed by atoms with Crippen LogP contribution in [0.1, 0.15) is 43.9 Å². The monoisotopic (exact) mass is 426 g/mol. The molecule has 1 aliphatic rings. The molecule has 2 rings (SSSR count). The quantitative estimate of drug-likeness (QED) is 0.377. The number of ether oxygens (including phenoxy) is 3. The number of likely N-dealkylation sites (tertiary alicyclic amines) is 1. The Morgan fingerprint density at radius 3 is 2.57 bits per heavy atom. The zero-order valence-corrected chi connectivity index (χ0v) is 18.8. The number of hydrogen-bond donors (Lipinski definition) is 0. The Balaban J connectivity index is 2.20. The van der Waals surface area contributed by atoms with E-state index in [1.165, 1.54) is 4.57 Å². The van der Waals surface area contributed by atoms with Gasteiger partial charge >= 0.3 is 5.97 Å². The Kier molecular flexibility index (Phi) is 9.45. The predicted molar refractivity (Wildman–Crippen MR) is 112 cm³/mol. The molecular formula is C22H35FN2O5. The Morgan fingerprint density at radius 2 is 1.97 bits per heavy atom. The van der Waals surface area contributed by atoms with Gasteiger partial charge in [0.15, 0.2) is 5.82 Å². The first-order valence-electron chi connectivity index (χ1n) is 10.6. The molecule has 7 nitrogen and oxygen atoms in total. The van der Waals surface area contributed by atoms with Gasteiger partial charge in [-0.1, -0.05) is 13.8 Å². The van der Waals surface area contributed by atoms with Gasteiger partial charge in [-0.3, -0.25) is 14.3 Å². The van der Waals surface area contributed by atoms with Crippen LogP contribution in [0.25, 0.3) is 0 Å². The van der Waals surface area contributed by atoms with Crippen LogP contribution in [0.5, 0.6) is 0 Å². The van der Waals surface area contributed by atoms with Crippen LogP contribution in [0.15, 0.2) is 11.0 Å². The molecule has 1 atom stereocenters. The van der Waals surface area contributed by atoms with Crippen LogP contribution >= 0.6 is 0 Å². The Labute approximate surface area is 178 Å². The van der Waals surface area contributed by atoms with Crippen molar-refractivity contribution in [3.05, 3.63) is 33.5 Å². The van der Waals surface area contributed by atoms with Crippen LogP contribution < -0.4 is 5.56 Å². The first-order chi connectivity index (χ1) is 14.3. The van der Waals surface area contributed by atoms with Crippen LogP contribution in [-0.4, -0.2) is 68.6 Å². The third-order valence-corrected chi connectivity index (χ3v) is 5.52. The highest BCUT2D eigenvalue weighted by molar-refractivity contribution is 5.74. The zero-order chi connectivity index (χ0) is 22.3. The summed E-state index contributed by atoms with van der Waals surface area (Å²) in [6.07, 6.45) is 3.44. The molecule has 1 unspecified atom stereocenters. The molecule has 0 saturated carbocycles. The average molecular weight is 427 g/mol. The van der Waals surface area contributed by atoms with Crippen molar-refractivity contribution in [2.24, 2.45) is 5.92 Å². The number of hydrogen-bond acceptors (Lipinski definition) is 6. The molecule has 8 heteroatoms. The highest BCUT2D eigenvalue weighted by atomic mass is 19.1. The summed E-state index contributed by atoms with van der Waals surface area (Å²) in [7, 11) is 3.27. The highest BCUT2D eigenvalue weighted by Crippen LogP contribution is 2.21. The highest BCUT2D eigenvalue weighted by Gasteiger charge is 2.28. The van der Waals surface area contributed by atoms with Crippen molar-refractivity contribution in [1.82, 2.24) is 9.47 Å².